The van der Waals surface area contributed by atoms with Crippen LogP contribution < -0.4 is 11.3 Å². The lowest BCUT2D eigenvalue weighted by atomic mass is 10.1. The standard InChI is InChI=1S/C15H26N6/c1-5-11(3)21-8-7-13(19-21)9-14(17-16)15-10-12(6-2)18-20(15)4/h7-8,10-11,14,17H,5-6,9,16H2,1-4H3. The predicted octanol–water partition coefficient (Wildman–Crippen LogP) is 1.90. The van der Waals surface area contributed by atoms with Crippen LogP contribution in [0.4, 0.5) is 0 Å². The molecule has 2 aromatic rings. The predicted molar refractivity (Wildman–Crippen MR) is 83.6 cm³/mol. The molecule has 0 spiro atoms. The van der Waals surface area contributed by atoms with Crippen LogP contribution in [0.15, 0.2) is 18.3 Å². The van der Waals surface area contributed by atoms with Crippen LogP contribution in [0.5, 0.6) is 0 Å². The van der Waals surface area contributed by atoms with E-state index in [-0.39, 0.29) is 6.04 Å². The van der Waals surface area contributed by atoms with Crippen molar-refractivity contribution in [2.45, 2.75) is 52.1 Å². The molecular formula is C15H26N6. The summed E-state index contributed by atoms with van der Waals surface area (Å²) in [6.07, 6.45) is 4.79. The molecule has 0 aliphatic carbocycles. The Balaban J connectivity index is 2.15. The molecule has 0 saturated heterocycles. The molecule has 6 heteroatoms. The van der Waals surface area contributed by atoms with Crippen molar-refractivity contribution in [1.29, 1.82) is 0 Å². The molecule has 0 saturated carbocycles. The second-order valence-electron chi connectivity index (χ2n) is 5.51. The van der Waals surface area contributed by atoms with E-state index in [9.17, 15) is 0 Å². The van der Waals surface area contributed by atoms with Crippen LogP contribution in [0.1, 0.15) is 56.4 Å². The number of nitrogens with one attached hydrogen (secondary N) is 1. The molecule has 2 heterocycles. The van der Waals surface area contributed by atoms with Gasteiger partial charge < -0.3 is 0 Å². The Hall–Kier alpha value is -1.66. The summed E-state index contributed by atoms with van der Waals surface area (Å²) in [5, 5.41) is 9.12. The molecule has 116 valence electrons. The van der Waals surface area contributed by atoms with Gasteiger partial charge in [0.05, 0.1) is 23.1 Å². The zero-order valence-corrected chi connectivity index (χ0v) is 13.4. The minimum atomic E-state index is 0.0167. The Bertz CT molecular complexity index is 570. The number of rotatable bonds is 7. The van der Waals surface area contributed by atoms with E-state index >= 15 is 0 Å². The second-order valence-corrected chi connectivity index (χ2v) is 5.51. The van der Waals surface area contributed by atoms with E-state index in [1.165, 1.54) is 0 Å². The lowest BCUT2D eigenvalue weighted by Crippen LogP contribution is -2.31. The first-order valence-corrected chi connectivity index (χ1v) is 7.61. The maximum atomic E-state index is 5.74. The van der Waals surface area contributed by atoms with E-state index in [4.69, 9.17) is 5.84 Å². The molecule has 2 aromatic heterocycles. The van der Waals surface area contributed by atoms with Crippen LogP contribution in [0.25, 0.3) is 0 Å². The van der Waals surface area contributed by atoms with Crippen molar-refractivity contribution in [3.8, 4) is 0 Å². The van der Waals surface area contributed by atoms with Gasteiger partial charge in [-0.15, -0.1) is 0 Å². The third-order valence-electron chi connectivity index (χ3n) is 4.01. The number of aromatic nitrogens is 4. The van der Waals surface area contributed by atoms with Crippen molar-refractivity contribution in [2.75, 3.05) is 0 Å². The molecule has 3 N–H and O–H groups in total. The third-order valence-corrected chi connectivity index (χ3v) is 4.01. The summed E-state index contributed by atoms with van der Waals surface area (Å²) in [6, 6.07) is 4.61. The molecule has 6 nitrogen and oxygen atoms in total. The molecule has 21 heavy (non-hydrogen) atoms. The van der Waals surface area contributed by atoms with Gasteiger partial charge in [-0.1, -0.05) is 13.8 Å². The first-order valence-electron chi connectivity index (χ1n) is 7.61. The van der Waals surface area contributed by atoms with E-state index in [0.717, 1.165) is 36.3 Å². The average Bonchev–Trinajstić information content (AvgIpc) is 3.10. The Morgan fingerprint density at radius 1 is 1.29 bits per heavy atom. The molecule has 0 radical (unpaired) electrons. The van der Waals surface area contributed by atoms with Crippen LogP contribution >= 0.6 is 0 Å². The molecule has 0 bridgehead atoms. The highest BCUT2D eigenvalue weighted by molar-refractivity contribution is 5.16. The molecule has 0 fully saturated rings. The summed E-state index contributed by atoms with van der Waals surface area (Å²) >= 11 is 0. The van der Waals surface area contributed by atoms with Crippen LogP contribution in [0, 0.1) is 0 Å². The molecule has 2 atom stereocenters. The van der Waals surface area contributed by atoms with Gasteiger partial charge in [0.15, 0.2) is 0 Å². The lowest BCUT2D eigenvalue weighted by Gasteiger charge is -2.15. The van der Waals surface area contributed by atoms with Crippen LogP contribution in [0.3, 0.4) is 0 Å². The summed E-state index contributed by atoms with van der Waals surface area (Å²) in [5.41, 5.74) is 6.10. The van der Waals surface area contributed by atoms with Crippen molar-refractivity contribution in [3.05, 3.63) is 35.4 Å². The lowest BCUT2D eigenvalue weighted by molar-refractivity contribution is 0.462. The number of nitrogens with zero attached hydrogens (tertiary/aromatic N) is 4. The normalized spacial score (nSPS) is 14.3. The van der Waals surface area contributed by atoms with Crippen molar-refractivity contribution < 1.29 is 0 Å². The van der Waals surface area contributed by atoms with Crippen LogP contribution in [-0.4, -0.2) is 19.6 Å². The van der Waals surface area contributed by atoms with Gasteiger partial charge in [0, 0.05) is 25.7 Å². The fourth-order valence-electron chi connectivity index (χ4n) is 2.42. The number of aryl methyl sites for hydroxylation is 2. The zero-order valence-electron chi connectivity index (χ0n) is 13.4. The number of hydrogen-bond donors (Lipinski definition) is 2. The molecule has 0 amide bonds. The van der Waals surface area contributed by atoms with Gasteiger partial charge in [-0.2, -0.15) is 10.2 Å². The molecule has 0 aliphatic rings. The smallest absolute Gasteiger partial charge is 0.0685 e. The van der Waals surface area contributed by atoms with Gasteiger partial charge in [0.2, 0.25) is 0 Å². The highest BCUT2D eigenvalue weighted by Gasteiger charge is 2.17. The Morgan fingerprint density at radius 3 is 2.62 bits per heavy atom. The largest absolute Gasteiger partial charge is 0.271 e. The topological polar surface area (TPSA) is 73.7 Å². The summed E-state index contributed by atoms with van der Waals surface area (Å²) in [5.74, 6) is 5.74. The van der Waals surface area contributed by atoms with Gasteiger partial charge in [0.1, 0.15) is 0 Å². The fourth-order valence-corrected chi connectivity index (χ4v) is 2.42. The highest BCUT2D eigenvalue weighted by Crippen LogP contribution is 2.19. The van der Waals surface area contributed by atoms with Crippen LogP contribution in [0.2, 0.25) is 0 Å². The minimum absolute atomic E-state index is 0.0167. The Morgan fingerprint density at radius 2 is 2.05 bits per heavy atom. The second kappa shape index (κ2) is 6.87. The molecule has 0 aliphatic heterocycles. The van der Waals surface area contributed by atoms with Crippen LogP contribution in [-0.2, 0) is 19.9 Å². The van der Waals surface area contributed by atoms with Gasteiger partial charge in [-0.3, -0.25) is 20.6 Å². The molecule has 2 unspecified atom stereocenters. The maximum Gasteiger partial charge on any atom is 0.0685 e. The summed E-state index contributed by atoms with van der Waals surface area (Å²) in [7, 11) is 1.95. The minimum Gasteiger partial charge on any atom is -0.271 e. The van der Waals surface area contributed by atoms with Crippen molar-refractivity contribution in [3.63, 3.8) is 0 Å². The van der Waals surface area contributed by atoms with E-state index in [0.29, 0.717) is 6.04 Å². The van der Waals surface area contributed by atoms with E-state index in [1.807, 2.05) is 22.6 Å². The van der Waals surface area contributed by atoms with Crippen molar-refractivity contribution in [2.24, 2.45) is 12.9 Å². The van der Waals surface area contributed by atoms with Gasteiger partial charge in [-0.05, 0) is 31.9 Å². The monoisotopic (exact) mass is 290 g/mol. The van der Waals surface area contributed by atoms with Gasteiger partial charge in [0.25, 0.3) is 0 Å². The number of nitrogens with two attached hydrogens (primary N) is 1. The Kier molecular flexibility index (Phi) is 5.14. The van der Waals surface area contributed by atoms with Crippen molar-refractivity contribution in [1.82, 2.24) is 25.0 Å². The summed E-state index contributed by atoms with van der Waals surface area (Å²) in [4.78, 5) is 0. The van der Waals surface area contributed by atoms with Gasteiger partial charge in [-0.25, -0.2) is 0 Å². The first kappa shape index (κ1) is 15.7. The SMILES string of the molecule is CCc1cc(C(Cc2ccn(C(C)CC)n2)NN)n(C)n1. The maximum absolute atomic E-state index is 5.74. The van der Waals surface area contributed by atoms with E-state index < -0.39 is 0 Å². The molecule has 2 rings (SSSR count). The molecular weight excluding hydrogens is 264 g/mol. The zero-order chi connectivity index (χ0) is 15.4. The van der Waals surface area contributed by atoms with Crippen molar-refractivity contribution >= 4 is 0 Å². The first-order chi connectivity index (χ1) is 10.1. The number of hydrogen-bond acceptors (Lipinski definition) is 4. The third kappa shape index (κ3) is 3.51. The van der Waals surface area contributed by atoms with E-state index in [2.05, 4.69) is 48.5 Å². The van der Waals surface area contributed by atoms with E-state index in [1.54, 1.807) is 0 Å². The number of hydrazine groups is 1. The average molecular weight is 290 g/mol. The Labute approximate surface area is 126 Å². The molecule has 0 aromatic carbocycles. The highest BCUT2D eigenvalue weighted by atomic mass is 15.3. The van der Waals surface area contributed by atoms with Gasteiger partial charge >= 0.3 is 0 Å². The fraction of sp³-hybridized carbons (Fsp3) is 0.600. The summed E-state index contributed by atoms with van der Waals surface area (Å²) in [6.45, 7) is 6.44. The quantitative estimate of drug-likeness (QED) is 0.603. The summed E-state index contributed by atoms with van der Waals surface area (Å²) < 4.78 is 3.92.